The SMILES string of the molecule is COc1ccc(OC)c(NC(=O)Nc2ncccn2)c1. The molecule has 0 aliphatic heterocycles. The van der Waals surface area contributed by atoms with Crippen LogP contribution in [0.4, 0.5) is 16.4 Å². The summed E-state index contributed by atoms with van der Waals surface area (Å²) < 4.78 is 10.3. The Balaban J connectivity index is 2.10. The van der Waals surface area contributed by atoms with Gasteiger partial charge in [-0.15, -0.1) is 0 Å². The first kappa shape index (κ1) is 13.6. The first-order chi connectivity index (χ1) is 9.72. The smallest absolute Gasteiger partial charge is 0.326 e. The van der Waals surface area contributed by atoms with Crippen LogP contribution in [0, 0.1) is 0 Å². The lowest BCUT2D eigenvalue weighted by Crippen LogP contribution is -2.21. The predicted molar refractivity (Wildman–Crippen MR) is 74.2 cm³/mol. The molecule has 0 aliphatic rings. The van der Waals surface area contributed by atoms with Crippen molar-refractivity contribution < 1.29 is 14.3 Å². The van der Waals surface area contributed by atoms with Gasteiger partial charge in [0, 0.05) is 18.5 Å². The Morgan fingerprint density at radius 2 is 1.85 bits per heavy atom. The summed E-state index contributed by atoms with van der Waals surface area (Å²) in [6, 6.07) is 6.29. The van der Waals surface area contributed by atoms with Gasteiger partial charge in [0.15, 0.2) is 0 Å². The van der Waals surface area contributed by atoms with Crippen LogP contribution in [0.1, 0.15) is 0 Å². The summed E-state index contributed by atoms with van der Waals surface area (Å²) in [6.45, 7) is 0. The van der Waals surface area contributed by atoms with Crippen LogP contribution < -0.4 is 20.1 Å². The Morgan fingerprint density at radius 3 is 2.50 bits per heavy atom. The number of benzene rings is 1. The van der Waals surface area contributed by atoms with Crippen molar-refractivity contribution in [1.29, 1.82) is 0 Å². The molecule has 2 rings (SSSR count). The zero-order valence-electron chi connectivity index (χ0n) is 11.1. The topological polar surface area (TPSA) is 85.4 Å². The number of amides is 2. The van der Waals surface area contributed by atoms with Gasteiger partial charge in [0.25, 0.3) is 0 Å². The number of carbonyl (C=O) groups excluding carboxylic acids is 1. The highest BCUT2D eigenvalue weighted by molar-refractivity contribution is 5.99. The largest absolute Gasteiger partial charge is 0.497 e. The average Bonchev–Trinajstić information content (AvgIpc) is 2.48. The first-order valence-electron chi connectivity index (χ1n) is 5.80. The van der Waals surface area contributed by atoms with Crippen LogP contribution in [-0.4, -0.2) is 30.2 Å². The van der Waals surface area contributed by atoms with Crippen LogP contribution in [0.25, 0.3) is 0 Å². The quantitative estimate of drug-likeness (QED) is 0.892. The second-order valence-electron chi connectivity index (χ2n) is 3.72. The maximum Gasteiger partial charge on any atom is 0.326 e. The fourth-order valence-electron chi connectivity index (χ4n) is 1.53. The van der Waals surface area contributed by atoms with E-state index >= 15 is 0 Å². The molecular weight excluding hydrogens is 260 g/mol. The van der Waals surface area contributed by atoms with Crippen molar-refractivity contribution in [3.63, 3.8) is 0 Å². The molecule has 2 aromatic rings. The van der Waals surface area contributed by atoms with Gasteiger partial charge in [-0.1, -0.05) is 0 Å². The first-order valence-corrected chi connectivity index (χ1v) is 5.80. The van der Waals surface area contributed by atoms with Gasteiger partial charge in [-0.2, -0.15) is 0 Å². The van der Waals surface area contributed by atoms with Crippen LogP contribution in [0.5, 0.6) is 11.5 Å². The normalized spacial score (nSPS) is 9.70. The standard InChI is InChI=1S/C13H14N4O3/c1-19-9-4-5-11(20-2)10(8-9)16-13(18)17-12-14-6-3-7-15-12/h3-8H,1-2H3,(H2,14,15,16,17,18). The molecule has 0 spiro atoms. The third-order valence-corrected chi connectivity index (χ3v) is 2.45. The Labute approximate surface area is 116 Å². The van der Waals surface area contributed by atoms with Crippen molar-refractivity contribution in [1.82, 2.24) is 9.97 Å². The molecule has 0 radical (unpaired) electrons. The number of carbonyl (C=O) groups is 1. The molecule has 20 heavy (non-hydrogen) atoms. The average molecular weight is 274 g/mol. The van der Waals surface area contributed by atoms with Gasteiger partial charge in [0.2, 0.25) is 5.95 Å². The molecule has 0 saturated carbocycles. The van der Waals surface area contributed by atoms with E-state index in [2.05, 4.69) is 20.6 Å². The van der Waals surface area contributed by atoms with Crippen LogP contribution in [0.2, 0.25) is 0 Å². The van der Waals surface area contributed by atoms with Gasteiger partial charge in [-0.3, -0.25) is 5.32 Å². The summed E-state index contributed by atoms with van der Waals surface area (Å²) in [6.07, 6.45) is 3.07. The number of nitrogens with one attached hydrogen (secondary N) is 2. The molecule has 2 amide bonds. The fraction of sp³-hybridized carbons (Fsp3) is 0.154. The Bertz CT molecular complexity index is 589. The van der Waals surface area contributed by atoms with Crippen molar-refractivity contribution in [3.8, 4) is 11.5 Å². The highest BCUT2D eigenvalue weighted by atomic mass is 16.5. The van der Waals surface area contributed by atoms with Gasteiger partial charge in [-0.05, 0) is 18.2 Å². The van der Waals surface area contributed by atoms with E-state index in [1.807, 2.05) is 0 Å². The monoisotopic (exact) mass is 274 g/mol. The number of hydrogen-bond acceptors (Lipinski definition) is 5. The van der Waals surface area contributed by atoms with E-state index < -0.39 is 6.03 Å². The van der Waals surface area contributed by atoms with E-state index in [-0.39, 0.29) is 5.95 Å². The van der Waals surface area contributed by atoms with Crippen molar-refractivity contribution in [2.24, 2.45) is 0 Å². The number of nitrogens with zero attached hydrogens (tertiary/aromatic N) is 2. The molecular formula is C13H14N4O3. The molecule has 1 heterocycles. The number of hydrogen-bond donors (Lipinski definition) is 2. The molecule has 7 nitrogen and oxygen atoms in total. The number of methoxy groups -OCH3 is 2. The number of anilines is 2. The van der Waals surface area contributed by atoms with Crippen LogP contribution in [0.3, 0.4) is 0 Å². The molecule has 7 heteroatoms. The third kappa shape index (κ3) is 3.35. The van der Waals surface area contributed by atoms with E-state index in [1.54, 1.807) is 31.4 Å². The molecule has 2 N–H and O–H groups in total. The summed E-state index contributed by atoms with van der Waals surface area (Å²) in [4.78, 5) is 19.6. The highest BCUT2D eigenvalue weighted by Crippen LogP contribution is 2.28. The highest BCUT2D eigenvalue weighted by Gasteiger charge is 2.09. The van der Waals surface area contributed by atoms with E-state index in [0.29, 0.717) is 17.2 Å². The number of urea groups is 1. The van der Waals surface area contributed by atoms with Crippen LogP contribution in [-0.2, 0) is 0 Å². The summed E-state index contributed by atoms with van der Waals surface area (Å²) in [5.74, 6) is 1.35. The molecule has 104 valence electrons. The lowest BCUT2D eigenvalue weighted by Gasteiger charge is -2.11. The lowest BCUT2D eigenvalue weighted by molar-refractivity contribution is 0.262. The van der Waals surface area contributed by atoms with Crippen molar-refractivity contribution in [3.05, 3.63) is 36.7 Å². The van der Waals surface area contributed by atoms with E-state index in [4.69, 9.17) is 9.47 Å². The van der Waals surface area contributed by atoms with E-state index in [9.17, 15) is 4.79 Å². The van der Waals surface area contributed by atoms with Gasteiger partial charge in [0.05, 0.1) is 19.9 Å². The maximum absolute atomic E-state index is 11.9. The Kier molecular flexibility index (Phi) is 4.33. The molecule has 0 aliphatic carbocycles. The van der Waals surface area contributed by atoms with Gasteiger partial charge >= 0.3 is 6.03 Å². The fourth-order valence-corrected chi connectivity index (χ4v) is 1.53. The zero-order valence-corrected chi connectivity index (χ0v) is 11.1. The number of rotatable bonds is 4. The second-order valence-corrected chi connectivity index (χ2v) is 3.72. The molecule has 0 bridgehead atoms. The van der Waals surface area contributed by atoms with Crippen molar-refractivity contribution in [2.75, 3.05) is 24.9 Å². The zero-order chi connectivity index (χ0) is 14.4. The van der Waals surface area contributed by atoms with Crippen molar-refractivity contribution in [2.45, 2.75) is 0 Å². The summed E-state index contributed by atoms with van der Waals surface area (Å²) in [5, 5.41) is 5.16. The van der Waals surface area contributed by atoms with Crippen LogP contribution in [0.15, 0.2) is 36.7 Å². The Morgan fingerprint density at radius 1 is 1.10 bits per heavy atom. The molecule has 0 unspecified atom stereocenters. The van der Waals surface area contributed by atoms with Crippen molar-refractivity contribution >= 4 is 17.7 Å². The van der Waals surface area contributed by atoms with E-state index in [1.165, 1.54) is 19.5 Å². The minimum Gasteiger partial charge on any atom is -0.497 e. The summed E-state index contributed by atoms with van der Waals surface area (Å²) in [5.41, 5.74) is 0.486. The number of aromatic nitrogens is 2. The van der Waals surface area contributed by atoms with Crippen LogP contribution >= 0.6 is 0 Å². The molecule has 0 fully saturated rings. The van der Waals surface area contributed by atoms with Gasteiger partial charge < -0.3 is 14.8 Å². The number of ether oxygens (including phenoxy) is 2. The molecule has 1 aromatic carbocycles. The summed E-state index contributed by atoms with van der Waals surface area (Å²) in [7, 11) is 3.06. The molecule has 1 aromatic heterocycles. The summed E-state index contributed by atoms with van der Waals surface area (Å²) >= 11 is 0. The predicted octanol–water partition coefficient (Wildman–Crippen LogP) is 2.14. The Hall–Kier alpha value is -2.83. The van der Waals surface area contributed by atoms with Gasteiger partial charge in [-0.25, -0.2) is 14.8 Å². The third-order valence-electron chi connectivity index (χ3n) is 2.45. The molecule has 0 saturated heterocycles. The molecule has 0 atom stereocenters. The van der Waals surface area contributed by atoms with Gasteiger partial charge in [0.1, 0.15) is 11.5 Å². The lowest BCUT2D eigenvalue weighted by atomic mass is 10.2. The minimum absolute atomic E-state index is 0.215. The minimum atomic E-state index is -0.470. The second kappa shape index (κ2) is 6.37. The van der Waals surface area contributed by atoms with E-state index in [0.717, 1.165) is 0 Å². The maximum atomic E-state index is 11.9.